The van der Waals surface area contributed by atoms with Gasteiger partial charge in [0.1, 0.15) is 5.54 Å². The fraction of sp³-hybridized carbons (Fsp3) is 0.824. The molecule has 3 atom stereocenters. The van der Waals surface area contributed by atoms with Crippen molar-refractivity contribution in [2.24, 2.45) is 22.8 Å². The molecule has 2 rings (SSSR count). The molecule has 0 saturated carbocycles. The van der Waals surface area contributed by atoms with Crippen LogP contribution in [0.3, 0.4) is 0 Å². The molecule has 2 aliphatic heterocycles. The largest absolute Gasteiger partial charge is 0.527 e. The molecule has 0 aromatic carbocycles. The van der Waals surface area contributed by atoms with Gasteiger partial charge in [-0.3, -0.25) is 14.4 Å². The number of carbonyl (C=O) groups excluding carboxylic acids is 1. The maximum atomic E-state index is 12.9. The van der Waals surface area contributed by atoms with Crippen LogP contribution < -0.4 is 11.5 Å². The van der Waals surface area contributed by atoms with Gasteiger partial charge >= 0.3 is 25.0 Å². The standard InChI is InChI=1S/C17H31BN4O9S/c1-3-21(8-7-19)32(28,29)22-9-12(17(20,10-22)14(25)26)5-4-6-18-30-11-16(2,13(23)24)15(27)31-18/h12H,3-11,19-20H2,1-2H3,(H,23,24)(H,25,26)/t12-,16?,17-/m0/s1. The Morgan fingerprint density at radius 2 is 2.00 bits per heavy atom. The Kier molecular flexibility index (Phi) is 8.28. The third-order valence-corrected chi connectivity index (χ3v) is 8.11. The normalized spacial score (nSPS) is 29.3. The number of aliphatic carboxylic acids is 2. The Hall–Kier alpha value is -1.78. The highest BCUT2D eigenvalue weighted by molar-refractivity contribution is 7.86. The van der Waals surface area contributed by atoms with Crippen LogP contribution in [0.25, 0.3) is 0 Å². The molecule has 0 amide bonds. The predicted octanol–water partition coefficient (Wildman–Crippen LogP) is -1.84. The van der Waals surface area contributed by atoms with Gasteiger partial charge in [-0.05, 0) is 19.7 Å². The van der Waals surface area contributed by atoms with Crippen molar-refractivity contribution in [1.82, 2.24) is 8.61 Å². The van der Waals surface area contributed by atoms with Crippen molar-refractivity contribution in [2.45, 2.75) is 38.5 Å². The van der Waals surface area contributed by atoms with Crippen LogP contribution in [0.2, 0.25) is 6.32 Å². The summed E-state index contributed by atoms with van der Waals surface area (Å²) in [4.78, 5) is 35.1. The second-order valence-electron chi connectivity index (χ2n) is 8.34. The summed E-state index contributed by atoms with van der Waals surface area (Å²) in [5, 5.41) is 18.8. The SMILES string of the molecule is CCN(CCN)S(=O)(=O)N1C[C@H](CCCB2OCC(C)(C(=O)O)C(=O)O2)[C@](N)(C(=O)O)C1. The lowest BCUT2D eigenvalue weighted by Gasteiger charge is -2.31. The number of likely N-dealkylation sites (N-methyl/N-ethyl adjacent to an activating group) is 1. The average molecular weight is 478 g/mol. The minimum atomic E-state index is -3.93. The number of nitrogens with zero attached hydrogens (tertiary/aromatic N) is 2. The maximum absolute atomic E-state index is 12.9. The van der Waals surface area contributed by atoms with E-state index in [1.54, 1.807) is 6.92 Å². The third-order valence-electron chi connectivity index (χ3n) is 6.08. The molecule has 2 heterocycles. The summed E-state index contributed by atoms with van der Waals surface area (Å²) in [6, 6.07) is 0. The van der Waals surface area contributed by atoms with Gasteiger partial charge in [-0.15, -0.1) is 0 Å². The number of rotatable bonds is 11. The maximum Gasteiger partial charge on any atom is 0.527 e. The molecule has 0 aromatic heterocycles. The summed E-state index contributed by atoms with van der Waals surface area (Å²) in [7, 11) is -4.90. The first-order chi connectivity index (χ1) is 14.8. The summed E-state index contributed by atoms with van der Waals surface area (Å²) >= 11 is 0. The molecular formula is C17H31BN4O9S. The zero-order valence-electron chi connectivity index (χ0n) is 18.2. The van der Waals surface area contributed by atoms with Crippen LogP contribution in [0.5, 0.6) is 0 Å². The first kappa shape index (κ1) is 26.5. The van der Waals surface area contributed by atoms with Crippen LogP contribution in [0.4, 0.5) is 0 Å². The summed E-state index contributed by atoms with van der Waals surface area (Å²) in [6.45, 7) is 2.49. The van der Waals surface area contributed by atoms with E-state index < -0.39 is 52.1 Å². The number of carboxylic acid groups (broad SMARTS) is 2. The number of nitrogens with two attached hydrogens (primary N) is 2. The minimum Gasteiger partial charge on any atom is -0.509 e. The zero-order valence-corrected chi connectivity index (χ0v) is 19.0. The minimum absolute atomic E-state index is 0.0748. The summed E-state index contributed by atoms with van der Waals surface area (Å²) in [5.41, 5.74) is 8.06. The van der Waals surface area contributed by atoms with Crippen LogP contribution in [-0.2, 0) is 33.9 Å². The van der Waals surface area contributed by atoms with Gasteiger partial charge in [-0.1, -0.05) is 13.3 Å². The van der Waals surface area contributed by atoms with E-state index in [0.29, 0.717) is 6.42 Å². The highest BCUT2D eigenvalue weighted by atomic mass is 32.2. The Bertz CT molecular complexity index is 844. The second kappa shape index (κ2) is 10.0. The van der Waals surface area contributed by atoms with Crippen molar-refractivity contribution in [3.8, 4) is 0 Å². The number of hydrogen-bond acceptors (Lipinski definition) is 9. The van der Waals surface area contributed by atoms with Gasteiger partial charge in [-0.25, -0.2) is 0 Å². The Labute approximate surface area is 187 Å². The highest BCUT2D eigenvalue weighted by Crippen LogP contribution is 2.34. The lowest BCUT2D eigenvalue weighted by atomic mass is 9.75. The predicted molar refractivity (Wildman–Crippen MR) is 112 cm³/mol. The summed E-state index contributed by atoms with van der Waals surface area (Å²) < 4.78 is 38.5. The van der Waals surface area contributed by atoms with Gasteiger partial charge in [0.05, 0.1) is 6.61 Å². The number of carboxylic acids is 2. The molecule has 182 valence electrons. The average Bonchev–Trinajstić information content (AvgIpc) is 3.07. The van der Waals surface area contributed by atoms with Crippen molar-refractivity contribution in [2.75, 3.05) is 39.3 Å². The lowest BCUT2D eigenvalue weighted by Crippen LogP contribution is -2.55. The topological polar surface area (TPSA) is 203 Å². The smallest absolute Gasteiger partial charge is 0.509 e. The van der Waals surface area contributed by atoms with Crippen molar-refractivity contribution < 1.29 is 42.3 Å². The molecule has 0 aromatic rings. The molecule has 0 spiro atoms. The van der Waals surface area contributed by atoms with E-state index in [0.717, 1.165) is 4.31 Å². The monoisotopic (exact) mass is 478 g/mol. The first-order valence-electron chi connectivity index (χ1n) is 10.4. The molecule has 0 bridgehead atoms. The number of carbonyl (C=O) groups is 3. The van der Waals surface area contributed by atoms with Crippen LogP contribution in [0.15, 0.2) is 0 Å². The molecule has 1 unspecified atom stereocenters. The quantitative estimate of drug-likeness (QED) is 0.192. The van der Waals surface area contributed by atoms with Crippen LogP contribution in [0.1, 0.15) is 26.7 Å². The van der Waals surface area contributed by atoms with Crippen LogP contribution in [0, 0.1) is 11.3 Å². The lowest BCUT2D eigenvalue weighted by molar-refractivity contribution is -0.169. The molecule has 2 saturated heterocycles. The molecule has 2 aliphatic rings. The van der Waals surface area contributed by atoms with E-state index in [1.165, 1.54) is 11.2 Å². The Morgan fingerprint density at radius 3 is 2.50 bits per heavy atom. The van der Waals surface area contributed by atoms with E-state index in [9.17, 15) is 27.9 Å². The fourth-order valence-corrected chi connectivity index (χ4v) is 5.56. The van der Waals surface area contributed by atoms with Gasteiger partial charge in [0, 0.05) is 38.6 Å². The van der Waals surface area contributed by atoms with Gasteiger partial charge < -0.3 is 31.0 Å². The molecule has 0 radical (unpaired) electrons. The summed E-state index contributed by atoms with van der Waals surface area (Å²) in [6.07, 6.45) is 0.757. The number of hydrogen-bond donors (Lipinski definition) is 4. The highest BCUT2D eigenvalue weighted by Gasteiger charge is 2.53. The van der Waals surface area contributed by atoms with Gasteiger partial charge in [0.25, 0.3) is 10.2 Å². The van der Waals surface area contributed by atoms with E-state index in [-0.39, 0.29) is 52.1 Å². The second-order valence-corrected chi connectivity index (χ2v) is 10.3. The molecule has 15 heteroatoms. The van der Waals surface area contributed by atoms with Crippen LogP contribution >= 0.6 is 0 Å². The van der Waals surface area contributed by atoms with E-state index in [1.807, 2.05) is 0 Å². The molecule has 0 aliphatic carbocycles. The molecule has 6 N–H and O–H groups in total. The van der Waals surface area contributed by atoms with Crippen molar-refractivity contribution in [3.05, 3.63) is 0 Å². The van der Waals surface area contributed by atoms with Gasteiger partial charge in [0.15, 0.2) is 5.41 Å². The van der Waals surface area contributed by atoms with Gasteiger partial charge in [-0.2, -0.15) is 17.0 Å². The Balaban J connectivity index is 2.02. The van der Waals surface area contributed by atoms with Crippen molar-refractivity contribution in [3.63, 3.8) is 0 Å². The molecule has 2 fully saturated rings. The van der Waals surface area contributed by atoms with Crippen molar-refractivity contribution in [1.29, 1.82) is 0 Å². The first-order valence-corrected chi connectivity index (χ1v) is 11.8. The molecular weight excluding hydrogens is 447 g/mol. The van der Waals surface area contributed by atoms with E-state index >= 15 is 0 Å². The summed E-state index contributed by atoms with van der Waals surface area (Å²) in [5.74, 6) is -4.24. The van der Waals surface area contributed by atoms with E-state index in [4.69, 9.17) is 25.9 Å². The molecule has 13 nitrogen and oxygen atoms in total. The third kappa shape index (κ3) is 5.07. The van der Waals surface area contributed by atoms with Gasteiger partial charge in [0.2, 0.25) is 0 Å². The van der Waals surface area contributed by atoms with E-state index in [2.05, 4.69) is 0 Å². The zero-order chi connectivity index (χ0) is 24.3. The fourth-order valence-electron chi connectivity index (χ4n) is 3.83. The molecule has 32 heavy (non-hydrogen) atoms. The Morgan fingerprint density at radius 1 is 1.34 bits per heavy atom. The van der Waals surface area contributed by atoms with Crippen molar-refractivity contribution >= 4 is 35.2 Å². The van der Waals surface area contributed by atoms with Crippen LogP contribution in [-0.4, -0.2) is 97.1 Å².